The SMILES string of the molecule is CCCOc1ccc(-c2cnc3ccccc3c2)cc1C(=O)NC(CO)Cc1c[nH]c2ccccc12. The van der Waals surface area contributed by atoms with Crippen molar-refractivity contribution in [2.24, 2.45) is 0 Å². The number of nitrogens with one attached hydrogen (secondary N) is 2. The summed E-state index contributed by atoms with van der Waals surface area (Å²) in [6, 6.07) is 23.2. The van der Waals surface area contributed by atoms with E-state index in [1.165, 1.54) is 0 Å². The molecule has 1 amide bonds. The van der Waals surface area contributed by atoms with Crippen LogP contribution in [0.4, 0.5) is 0 Å². The minimum absolute atomic E-state index is 0.176. The molecule has 3 N–H and O–H groups in total. The van der Waals surface area contributed by atoms with Gasteiger partial charge in [-0.2, -0.15) is 0 Å². The van der Waals surface area contributed by atoms with E-state index >= 15 is 0 Å². The van der Waals surface area contributed by atoms with E-state index in [4.69, 9.17) is 4.74 Å². The number of carbonyl (C=O) groups is 1. The van der Waals surface area contributed by atoms with Gasteiger partial charge in [-0.05, 0) is 54.3 Å². The number of fused-ring (bicyclic) bond motifs is 2. The maximum Gasteiger partial charge on any atom is 0.255 e. The summed E-state index contributed by atoms with van der Waals surface area (Å²) < 4.78 is 5.90. The molecule has 6 nitrogen and oxygen atoms in total. The molecule has 5 rings (SSSR count). The number of nitrogens with zero attached hydrogens (tertiary/aromatic N) is 1. The smallest absolute Gasteiger partial charge is 0.255 e. The summed E-state index contributed by atoms with van der Waals surface area (Å²) in [5.74, 6) is 0.242. The van der Waals surface area contributed by atoms with Crippen LogP contribution in [-0.2, 0) is 6.42 Å². The zero-order valence-corrected chi connectivity index (χ0v) is 20.2. The number of amides is 1. The molecule has 6 heteroatoms. The minimum atomic E-state index is -0.443. The third-order valence-corrected chi connectivity index (χ3v) is 6.31. The molecule has 0 spiro atoms. The van der Waals surface area contributed by atoms with Crippen molar-refractivity contribution in [3.8, 4) is 16.9 Å². The number of para-hydroxylation sites is 2. The minimum Gasteiger partial charge on any atom is -0.493 e. The van der Waals surface area contributed by atoms with Crippen LogP contribution in [0, 0.1) is 0 Å². The third-order valence-electron chi connectivity index (χ3n) is 6.31. The van der Waals surface area contributed by atoms with Crippen molar-refractivity contribution >= 4 is 27.7 Å². The highest BCUT2D eigenvalue weighted by molar-refractivity contribution is 5.99. The molecule has 0 aliphatic carbocycles. The van der Waals surface area contributed by atoms with Crippen LogP contribution >= 0.6 is 0 Å². The van der Waals surface area contributed by atoms with Crippen molar-refractivity contribution in [3.05, 3.63) is 96.3 Å². The molecule has 3 aromatic carbocycles. The van der Waals surface area contributed by atoms with Gasteiger partial charge >= 0.3 is 0 Å². The second-order valence-electron chi connectivity index (χ2n) is 8.89. The van der Waals surface area contributed by atoms with Gasteiger partial charge in [0.1, 0.15) is 5.75 Å². The molecule has 1 atom stereocenters. The molecule has 0 bridgehead atoms. The Morgan fingerprint density at radius 1 is 1.06 bits per heavy atom. The first kappa shape index (κ1) is 23.6. The van der Waals surface area contributed by atoms with Gasteiger partial charge in [0.05, 0.1) is 30.3 Å². The number of pyridine rings is 1. The van der Waals surface area contributed by atoms with E-state index in [0.29, 0.717) is 24.3 Å². The first-order chi connectivity index (χ1) is 17.7. The average Bonchev–Trinajstić information content (AvgIpc) is 3.33. The third kappa shape index (κ3) is 4.95. The van der Waals surface area contributed by atoms with Gasteiger partial charge in [-0.25, -0.2) is 0 Å². The van der Waals surface area contributed by atoms with Crippen molar-refractivity contribution in [2.45, 2.75) is 25.8 Å². The van der Waals surface area contributed by atoms with Crippen LogP contribution in [0.25, 0.3) is 32.9 Å². The lowest BCUT2D eigenvalue weighted by Crippen LogP contribution is -2.39. The first-order valence-corrected chi connectivity index (χ1v) is 12.2. The van der Waals surface area contributed by atoms with Gasteiger partial charge in [0.2, 0.25) is 0 Å². The second kappa shape index (κ2) is 10.6. The Labute approximate surface area is 210 Å². The summed E-state index contributed by atoms with van der Waals surface area (Å²) in [7, 11) is 0. The number of aliphatic hydroxyl groups excluding tert-OH is 1. The fourth-order valence-corrected chi connectivity index (χ4v) is 4.44. The number of ether oxygens (including phenoxy) is 1. The molecule has 0 radical (unpaired) electrons. The predicted molar refractivity (Wildman–Crippen MR) is 143 cm³/mol. The molecule has 0 saturated carbocycles. The van der Waals surface area contributed by atoms with E-state index < -0.39 is 6.04 Å². The second-order valence-corrected chi connectivity index (χ2v) is 8.89. The molecular formula is C30H29N3O3. The molecule has 0 fully saturated rings. The Kier molecular flexibility index (Phi) is 6.96. The molecular weight excluding hydrogens is 450 g/mol. The van der Waals surface area contributed by atoms with Crippen LogP contribution in [0.2, 0.25) is 0 Å². The highest BCUT2D eigenvalue weighted by Crippen LogP contribution is 2.29. The Morgan fingerprint density at radius 2 is 1.89 bits per heavy atom. The number of H-pyrrole nitrogens is 1. The highest BCUT2D eigenvalue weighted by atomic mass is 16.5. The lowest BCUT2D eigenvalue weighted by molar-refractivity contribution is 0.0912. The van der Waals surface area contributed by atoms with Crippen molar-refractivity contribution in [1.29, 1.82) is 0 Å². The number of carbonyl (C=O) groups excluding carboxylic acids is 1. The first-order valence-electron chi connectivity index (χ1n) is 12.2. The molecule has 182 valence electrons. The number of aromatic nitrogens is 2. The standard InChI is InChI=1S/C30H29N3O3/c1-2-13-36-29-12-11-20(22-14-21-7-3-5-9-27(21)31-17-22)16-26(29)30(35)33-24(19-34)15-23-18-32-28-10-6-4-8-25(23)28/h3-12,14,16-18,24,32,34H,2,13,15,19H2,1H3,(H,33,35). The molecule has 5 aromatic rings. The van der Waals surface area contributed by atoms with Gasteiger partial charge in [0.25, 0.3) is 5.91 Å². The maximum atomic E-state index is 13.5. The van der Waals surface area contributed by atoms with Crippen molar-refractivity contribution in [1.82, 2.24) is 15.3 Å². The lowest BCUT2D eigenvalue weighted by atomic mass is 10.0. The molecule has 2 heterocycles. The summed E-state index contributed by atoms with van der Waals surface area (Å²) in [6.07, 6.45) is 5.09. The van der Waals surface area contributed by atoms with Crippen LogP contribution in [0.1, 0.15) is 29.3 Å². The summed E-state index contributed by atoms with van der Waals surface area (Å²) in [4.78, 5) is 21.3. The van der Waals surface area contributed by atoms with Crippen molar-refractivity contribution < 1.29 is 14.6 Å². The van der Waals surface area contributed by atoms with Gasteiger partial charge in [-0.3, -0.25) is 9.78 Å². The number of aromatic amines is 1. The maximum absolute atomic E-state index is 13.5. The fraction of sp³-hybridized carbons (Fsp3) is 0.200. The van der Waals surface area contributed by atoms with Crippen LogP contribution < -0.4 is 10.1 Å². The normalized spacial score (nSPS) is 12.1. The quantitative estimate of drug-likeness (QED) is 0.260. The Morgan fingerprint density at radius 3 is 2.75 bits per heavy atom. The van der Waals surface area contributed by atoms with Crippen molar-refractivity contribution in [2.75, 3.05) is 13.2 Å². The number of rotatable bonds is 9. The largest absolute Gasteiger partial charge is 0.493 e. The summed E-state index contributed by atoms with van der Waals surface area (Å²) in [5.41, 5.74) is 5.23. The molecule has 0 aliphatic rings. The van der Waals surface area contributed by atoms with Gasteiger partial charge in [0, 0.05) is 34.2 Å². The molecule has 0 saturated heterocycles. The fourth-order valence-electron chi connectivity index (χ4n) is 4.44. The molecule has 36 heavy (non-hydrogen) atoms. The van der Waals surface area contributed by atoms with E-state index in [2.05, 4.69) is 21.4 Å². The Hall–Kier alpha value is -4.16. The van der Waals surface area contributed by atoms with Crippen LogP contribution in [0.3, 0.4) is 0 Å². The van der Waals surface area contributed by atoms with Crippen LogP contribution in [0.15, 0.2) is 85.2 Å². The van der Waals surface area contributed by atoms with Gasteiger partial charge in [0.15, 0.2) is 0 Å². The van der Waals surface area contributed by atoms with Crippen molar-refractivity contribution in [3.63, 3.8) is 0 Å². The topological polar surface area (TPSA) is 87.2 Å². The van der Waals surface area contributed by atoms with Crippen LogP contribution in [-0.4, -0.2) is 40.2 Å². The van der Waals surface area contributed by atoms with E-state index in [0.717, 1.165) is 44.9 Å². The number of hydrogen-bond acceptors (Lipinski definition) is 4. The van der Waals surface area contributed by atoms with E-state index in [1.54, 1.807) is 0 Å². The molecule has 0 aliphatic heterocycles. The summed E-state index contributed by atoms with van der Waals surface area (Å²) in [5, 5.41) is 15.2. The number of aliphatic hydroxyl groups is 1. The predicted octanol–water partition coefficient (Wildman–Crippen LogP) is 5.51. The molecule has 1 unspecified atom stereocenters. The average molecular weight is 480 g/mol. The number of benzene rings is 3. The highest BCUT2D eigenvalue weighted by Gasteiger charge is 2.20. The summed E-state index contributed by atoms with van der Waals surface area (Å²) >= 11 is 0. The van der Waals surface area contributed by atoms with Gasteiger partial charge in [-0.15, -0.1) is 0 Å². The zero-order valence-electron chi connectivity index (χ0n) is 20.2. The van der Waals surface area contributed by atoms with E-state index in [9.17, 15) is 9.90 Å². The van der Waals surface area contributed by atoms with Gasteiger partial charge < -0.3 is 20.1 Å². The zero-order chi connectivity index (χ0) is 24.9. The monoisotopic (exact) mass is 479 g/mol. The van der Waals surface area contributed by atoms with E-state index in [-0.39, 0.29) is 12.5 Å². The van der Waals surface area contributed by atoms with Gasteiger partial charge in [-0.1, -0.05) is 49.4 Å². The lowest BCUT2D eigenvalue weighted by Gasteiger charge is -2.18. The summed E-state index contributed by atoms with van der Waals surface area (Å²) in [6.45, 7) is 2.36. The Bertz CT molecular complexity index is 1510. The number of hydrogen-bond donors (Lipinski definition) is 3. The molecule has 2 aromatic heterocycles. The van der Waals surface area contributed by atoms with Crippen LogP contribution in [0.5, 0.6) is 5.75 Å². The Balaban J connectivity index is 1.43. The van der Waals surface area contributed by atoms with E-state index in [1.807, 2.05) is 86.0 Å².